The van der Waals surface area contributed by atoms with E-state index in [9.17, 15) is 4.79 Å². The molecule has 0 aliphatic rings. The molecule has 2 heterocycles. The summed E-state index contributed by atoms with van der Waals surface area (Å²) in [6, 6.07) is 9.48. The van der Waals surface area contributed by atoms with Gasteiger partial charge < -0.3 is 14.4 Å². The van der Waals surface area contributed by atoms with E-state index in [1.54, 1.807) is 24.7 Å². The Hall–Kier alpha value is -2.86. The zero-order chi connectivity index (χ0) is 19.6. The molecule has 3 aromatic rings. The fourth-order valence-corrected chi connectivity index (χ4v) is 3.26. The van der Waals surface area contributed by atoms with Gasteiger partial charge in [0.2, 0.25) is 0 Å². The third-order valence-electron chi connectivity index (χ3n) is 4.68. The van der Waals surface area contributed by atoms with Gasteiger partial charge in [0.15, 0.2) is 11.5 Å². The van der Waals surface area contributed by atoms with Crippen LogP contribution in [-0.4, -0.2) is 30.7 Å². The van der Waals surface area contributed by atoms with Gasteiger partial charge in [-0.3, -0.25) is 9.20 Å². The molecule has 0 aliphatic heterocycles. The Bertz CT molecular complexity index is 1030. The van der Waals surface area contributed by atoms with E-state index in [0.29, 0.717) is 12.2 Å². The minimum atomic E-state index is -0.0474. The summed E-state index contributed by atoms with van der Waals surface area (Å²) < 4.78 is 12.4. The summed E-state index contributed by atoms with van der Waals surface area (Å²) in [5, 5.41) is 0. The average Bonchev–Trinajstić information content (AvgIpc) is 2.63. The lowest BCUT2D eigenvalue weighted by atomic mass is 10.1. The first kappa shape index (κ1) is 18.9. The van der Waals surface area contributed by atoms with Crippen LogP contribution in [0, 0.1) is 13.8 Å². The molecule has 3 rings (SSSR count). The molecule has 2 aromatic heterocycles. The van der Waals surface area contributed by atoms with E-state index in [1.165, 1.54) is 10.5 Å². The summed E-state index contributed by atoms with van der Waals surface area (Å²) in [4.78, 5) is 18.3. The predicted octanol–water partition coefficient (Wildman–Crippen LogP) is 1.54. The maximum atomic E-state index is 12.4. The Balaban J connectivity index is 1.82. The molecule has 0 bridgehead atoms. The first-order valence-corrected chi connectivity index (χ1v) is 8.93. The maximum absolute atomic E-state index is 12.4. The van der Waals surface area contributed by atoms with Gasteiger partial charge in [0.1, 0.15) is 24.4 Å². The van der Waals surface area contributed by atoms with Crippen LogP contribution in [0.2, 0.25) is 0 Å². The van der Waals surface area contributed by atoms with Crippen LogP contribution in [0.3, 0.4) is 0 Å². The Morgan fingerprint density at radius 3 is 2.44 bits per heavy atom. The molecule has 0 saturated heterocycles. The smallest absolute Gasteiger partial charge is 0.258 e. The lowest BCUT2D eigenvalue weighted by Crippen LogP contribution is -3.06. The number of aromatic nitrogens is 2. The Kier molecular flexibility index (Phi) is 5.46. The molecule has 0 radical (unpaired) electrons. The third-order valence-corrected chi connectivity index (χ3v) is 4.68. The molecule has 27 heavy (non-hydrogen) atoms. The van der Waals surface area contributed by atoms with Crippen molar-refractivity contribution in [1.29, 1.82) is 0 Å². The van der Waals surface area contributed by atoms with Crippen molar-refractivity contribution in [3.8, 4) is 11.5 Å². The number of methoxy groups -OCH3 is 2. The van der Waals surface area contributed by atoms with Crippen LogP contribution in [0.25, 0.3) is 5.65 Å². The molecule has 0 saturated carbocycles. The number of rotatable bonds is 6. The van der Waals surface area contributed by atoms with Crippen molar-refractivity contribution in [2.45, 2.75) is 26.9 Å². The third kappa shape index (κ3) is 4.11. The molecule has 1 atom stereocenters. The Morgan fingerprint density at radius 1 is 1.04 bits per heavy atom. The highest BCUT2D eigenvalue weighted by atomic mass is 16.5. The van der Waals surface area contributed by atoms with Crippen molar-refractivity contribution in [2.75, 3.05) is 21.3 Å². The Labute approximate surface area is 159 Å². The molecular weight excluding hydrogens is 342 g/mol. The van der Waals surface area contributed by atoms with Crippen molar-refractivity contribution in [3.63, 3.8) is 0 Å². The first-order valence-electron chi connectivity index (χ1n) is 8.93. The van der Waals surface area contributed by atoms with Gasteiger partial charge in [-0.25, -0.2) is 4.98 Å². The van der Waals surface area contributed by atoms with Gasteiger partial charge in [-0.15, -0.1) is 0 Å². The van der Waals surface area contributed by atoms with Gasteiger partial charge in [0.05, 0.1) is 21.3 Å². The van der Waals surface area contributed by atoms with Crippen LogP contribution in [-0.2, 0) is 13.1 Å². The highest BCUT2D eigenvalue weighted by Gasteiger charge is 2.14. The Morgan fingerprint density at radius 2 is 1.74 bits per heavy atom. The number of benzene rings is 1. The van der Waals surface area contributed by atoms with Crippen LogP contribution < -0.4 is 19.9 Å². The quantitative estimate of drug-likeness (QED) is 0.717. The van der Waals surface area contributed by atoms with Gasteiger partial charge in [-0.2, -0.15) is 0 Å². The predicted molar refractivity (Wildman–Crippen MR) is 105 cm³/mol. The van der Waals surface area contributed by atoms with E-state index in [2.05, 4.69) is 19.0 Å². The number of nitrogens with zero attached hydrogens (tertiary/aromatic N) is 2. The molecule has 1 unspecified atom stereocenters. The molecule has 0 aliphatic carbocycles. The molecule has 6 nitrogen and oxygen atoms in total. The van der Waals surface area contributed by atoms with Gasteiger partial charge in [-0.05, 0) is 43.2 Å². The number of hydrogen-bond acceptors (Lipinski definition) is 4. The lowest BCUT2D eigenvalue weighted by molar-refractivity contribution is -0.908. The summed E-state index contributed by atoms with van der Waals surface area (Å²) in [7, 11) is 5.37. The molecule has 142 valence electrons. The number of ether oxygens (including phenoxy) is 2. The molecule has 0 spiro atoms. The van der Waals surface area contributed by atoms with Crippen molar-refractivity contribution in [1.82, 2.24) is 9.38 Å². The minimum Gasteiger partial charge on any atom is -0.493 e. The van der Waals surface area contributed by atoms with E-state index >= 15 is 0 Å². The van der Waals surface area contributed by atoms with Crippen molar-refractivity contribution in [3.05, 3.63) is 69.3 Å². The first-order chi connectivity index (χ1) is 12.9. The number of pyridine rings is 1. The van der Waals surface area contributed by atoms with E-state index in [1.807, 2.05) is 37.4 Å². The molecule has 1 N–H and O–H groups in total. The monoisotopic (exact) mass is 368 g/mol. The van der Waals surface area contributed by atoms with E-state index in [-0.39, 0.29) is 5.56 Å². The summed E-state index contributed by atoms with van der Waals surface area (Å²) >= 11 is 0. The van der Waals surface area contributed by atoms with Gasteiger partial charge in [0, 0.05) is 17.8 Å². The van der Waals surface area contributed by atoms with E-state index in [0.717, 1.165) is 34.9 Å². The molecule has 6 heteroatoms. The van der Waals surface area contributed by atoms with Crippen molar-refractivity contribution >= 4 is 5.65 Å². The topological polar surface area (TPSA) is 57.3 Å². The van der Waals surface area contributed by atoms with Crippen LogP contribution in [0.4, 0.5) is 0 Å². The molecule has 1 aromatic carbocycles. The molecule has 0 fully saturated rings. The fraction of sp³-hybridized carbons (Fsp3) is 0.333. The second-order valence-electron chi connectivity index (χ2n) is 6.96. The SMILES string of the molecule is COc1cc(C)c(C[NH+](C)Cc2cc(=O)n3cc(C)ccc3n2)cc1OC. The van der Waals surface area contributed by atoms with Gasteiger partial charge in [0.25, 0.3) is 5.56 Å². The number of hydrogen-bond donors (Lipinski definition) is 1. The standard InChI is InChI=1S/C21H25N3O3/c1-14-6-7-20-22-17(10-21(25)24(20)11-14)13-23(3)12-16-9-19(27-5)18(26-4)8-15(16)2/h6-11H,12-13H2,1-5H3/p+1. The van der Waals surface area contributed by atoms with E-state index in [4.69, 9.17) is 9.47 Å². The second-order valence-corrected chi connectivity index (χ2v) is 6.96. The second kappa shape index (κ2) is 7.80. The zero-order valence-corrected chi connectivity index (χ0v) is 16.5. The highest BCUT2D eigenvalue weighted by Crippen LogP contribution is 2.29. The maximum Gasteiger partial charge on any atom is 0.258 e. The number of fused-ring (bicyclic) bond motifs is 1. The minimum absolute atomic E-state index is 0.0474. The van der Waals surface area contributed by atoms with Crippen LogP contribution in [0.15, 0.2) is 41.3 Å². The number of quaternary nitrogens is 1. The van der Waals surface area contributed by atoms with Crippen LogP contribution >= 0.6 is 0 Å². The summed E-state index contributed by atoms with van der Waals surface area (Å²) in [5.74, 6) is 1.46. The van der Waals surface area contributed by atoms with Crippen LogP contribution in [0.5, 0.6) is 11.5 Å². The number of aryl methyl sites for hydroxylation is 2. The van der Waals surface area contributed by atoms with Crippen molar-refractivity contribution in [2.24, 2.45) is 0 Å². The average molecular weight is 368 g/mol. The highest BCUT2D eigenvalue weighted by molar-refractivity contribution is 5.46. The van der Waals surface area contributed by atoms with E-state index < -0.39 is 0 Å². The van der Waals surface area contributed by atoms with Crippen molar-refractivity contribution < 1.29 is 14.4 Å². The molecule has 0 amide bonds. The summed E-state index contributed by atoms with van der Waals surface area (Å²) in [6.07, 6.45) is 1.82. The molecular formula is C21H26N3O3+. The fourth-order valence-electron chi connectivity index (χ4n) is 3.26. The summed E-state index contributed by atoms with van der Waals surface area (Å²) in [6.45, 7) is 5.48. The largest absolute Gasteiger partial charge is 0.493 e. The van der Waals surface area contributed by atoms with Gasteiger partial charge >= 0.3 is 0 Å². The normalized spacial score (nSPS) is 12.2. The van der Waals surface area contributed by atoms with Gasteiger partial charge in [-0.1, -0.05) is 6.07 Å². The zero-order valence-electron chi connectivity index (χ0n) is 16.5. The lowest BCUT2D eigenvalue weighted by Gasteiger charge is -2.17. The van der Waals surface area contributed by atoms with Crippen LogP contribution in [0.1, 0.15) is 22.4 Å². The summed E-state index contributed by atoms with van der Waals surface area (Å²) in [5.41, 5.74) is 4.78. The number of nitrogens with one attached hydrogen (secondary N) is 1.